The average Bonchev–Trinajstić information content (AvgIpc) is 3.08. The van der Waals surface area contributed by atoms with E-state index in [1.807, 2.05) is 19.2 Å². The van der Waals surface area contributed by atoms with Crippen molar-refractivity contribution in [1.29, 1.82) is 0 Å². The number of nitrogens with zero attached hydrogens (tertiary/aromatic N) is 3. The monoisotopic (exact) mass is 377 g/mol. The molecule has 6 heteroatoms. The summed E-state index contributed by atoms with van der Waals surface area (Å²) in [6.07, 6.45) is 0. The van der Waals surface area contributed by atoms with E-state index in [2.05, 4.69) is 62.2 Å². The van der Waals surface area contributed by atoms with Gasteiger partial charge in [-0.3, -0.25) is 4.90 Å². The third kappa shape index (κ3) is 3.82. The summed E-state index contributed by atoms with van der Waals surface area (Å²) >= 11 is 5.22. The zero-order valence-electron chi connectivity index (χ0n) is 12.4. The minimum absolute atomic E-state index is 0.633. The molecule has 4 nitrogen and oxygen atoms in total. The lowest BCUT2D eigenvalue weighted by atomic mass is 10.1. The molecule has 0 bridgehead atoms. The largest absolute Gasteiger partial charge is 0.338 e. The maximum Gasteiger partial charge on any atom is 0.241 e. The number of aryl methyl sites for hydroxylation is 1. The number of benzene rings is 1. The standard InChI is InChI=1S/C16H16BrN3OS/c1-11-4-3-5-12(8-11)16-18-15(21-19-16)10-20(2)9-13-6-7-14(17)22-13/h3-8H,9-10H2,1-2H3. The van der Waals surface area contributed by atoms with Crippen LogP contribution in [0.25, 0.3) is 11.4 Å². The van der Waals surface area contributed by atoms with E-state index in [4.69, 9.17) is 4.52 Å². The Bertz CT molecular complexity index is 768. The van der Waals surface area contributed by atoms with Crippen molar-refractivity contribution in [2.45, 2.75) is 20.0 Å². The van der Waals surface area contributed by atoms with Crippen molar-refractivity contribution in [1.82, 2.24) is 15.0 Å². The first kappa shape index (κ1) is 15.4. The Kier molecular flexibility index (Phi) is 4.71. The second-order valence-electron chi connectivity index (χ2n) is 5.26. The van der Waals surface area contributed by atoms with E-state index in [-0.39, 0.29) is 0 Å². The van der Waals surface area contributed by atoms with Gasteiger partial charge in [-0.05, 0) is 48.1 Å². The molecule has 0 saturated carbocycles. The third-order valence-corrected chi connectivity index (χ3v) is 4.81. The summed E-state index contributed by atoms with van der Waals surface area (Å²) in [4.78, 5) is 7.94. The minimum atomic E-state index is 0.633. The van der Waals surface area contributed by atoms with Crippen LogP contribution < -0.4 is 0 Å². The molecule has 0 spiro atoms. The van der Waals surface area contributed by atoms with Gasteiger partial charge in [0.15, 0.2) is 0 Å². The van der Waals surface area contributed by atoms with Crippen LogP contribution in [0.4, 0.5) is 0 Å². The Morgan fingerprint density at radius 2 is 2.09 bits per heavy atom. The van der Waals surface area contributed by atoms with E-state index in [1.165, 1.54) is 10.4 Å². The Labute approximate surface area is 141 Å². The quantitative estimate of drug-likeness (QED) is 0.656. The van der Waals surface area contributed by atoms with Crippen LogP contribution >= 0.6 is 27.3 Å². The second kappa shape index (κ2) is 6.73. The number of rotatable bonds is 5. The lowest BCUT2D eigenvalue weighted by molar-refractivity contribution is 0.262. The minimum Gasteiger partial charge on any atom is -0.338 e. The predicted molar refractivity (Wildman–Crippen MR) is 91.7 cm³/mol. The van der Waals surface area contributed by atoms with Crippen molar-refractivity contribution in [2.75, 3.05) is 7.05 Å². The molecule has 3 rings (SSSR count). The van der Waals surface area contributed by atoms with Crippen molar-refractivity contribution < 1.29 is 4.52 Å². The van der Waals surface area contributed by atoms with Crippen LogP contribution in [0.5, 0.6) is 0 Å². The maximum atomic E-state index is 5.36. The van der Waals surface area contributed by atoms with Crippen LogP contribution in [0.1, 0.15) is 16.3 Å². The fourth-order valence-corrected chi connectivity index (χ4v) is 3.77. The van der Waals surface area contributed by atoms with Crippen molar-refractivity contribution in [3.63, 3.8) is 0 Å². The highest BCUT2D eigenvalue weighted by Gasteiger charge is 2.11. The molecule has 114 valence electrons. The number of halogens is 1. The van der Waals surface area contributed by atoms with Gasteiger partial charge in [0.05, 0.1) is 10.3 Å². The molecule has 0 atom stereocenters. The Balaban J connectivity index is 1.66. The smallest absolute Gasteiger partial charge is 0.241 e. The van der Waals surface area contributed by atoms with Gasteiger partial charge in [0.2, 0.25) is 11.7 Å². The lowest BCUT2D eigenvalue weighted by Gasteiger charge is -2.12. The molecule has 0 amide bonds. The summed E-state index contributed by atoms with van der Waals surface area (Å²) < 4.78 is 6.51. The second-order valence-corrected chi connectivity index (χ2v) is 7.81. The Hall–Kier alpha value is -1.50. The molecule has 0 unspecified atom stereocenters. The molecule has 2 heterocycles. The molecular formula is C16H16BrN3OS. The molecule has 0 aliphatic heterocycles. The van der Waals surface area contributed by atoms with Gasteiger partial charge in [-0.15, -0.1) is 11.3 Å². The van der Waals surface area contributed by atoms with Gasteiger partial charge in [0, 0.05) is 17.0 Å². The van der Waals surface area contributed by atoms with Gasteiger partial charge in [-0.25, -0.2) is 0 Å². The van der Waals surface area contributed by atoms with Crippen molar-refractivity contribution >= 4 is 27.3 Å². The summed E-state index contributed by atoms with van der Waals surface area (Å²) in [7, 11) is 2.05. The van der Waals surface area contributed by atoms with Gasteiger partial charge in [0.1, 0.15) is 0 Å². The van der Waals surface area contributed by atoms with E-state index in [1.54, 1.807) is 11.3 Å². The fraction of sp³-hybridized carbons (Fsp3) is 0.250. The molecule has 0 fully saturated rings. The highest BCUT2D eigenvalue weighted by Crippen LogP contribution is 2.23. The first-order chi connectivity index (χ1) is 10.6. The first-order valence-electron chi connectivity index (χ1n) is 6.92. The van der Waals surface area contributed by atoms with Crippen LogP contribution in [0, 0.1) is 6.92 Å². The summed E-state index contributed by atoms with van der Waals surface area (Å²) in [5, 5.41) is 4.07. The van der Waals surface area contributed by atoms with E-state index < -0.39 is 0 Å². The van der Waals surface area contributed by atoms with E-state index in [0.717, 1.165) is 15.9 Å². The van der Waals surface area contributed by atoms with E-state index in [0.29, 0.717) is 18.3 Å². The molecule has 0 radical (unpaired) electrons. The molecule has 22 heavy (non-hydrogen) atoms. The number of aromatic nitrogens is 2. The first-order valence-corrected chi connectivity index (χ1v) is 8.53. The normalized spacial score (nSPS) is 11.3. The van der Waals surface area contributed by atoms with Crippen LogP contribution in [0.3, 0.4) is 0 Å². The zero-order valence-corrected chi connectivity index (χ0v) is 14.8. The highest BCUT2D eigenvalue weighted by molar-refractivity contribution is 9.11. The van der Waals surface area contributed by atoms with Crippen molar-refractivity contribution in [3.8, 4) is 11.4 Å². The van der Waals surface area contributed by atoms with Gasteiger partial charge in [-0.2, -0.15) is 4.98 Å². The lowest BCUT2D eigenvalue weighted by Crippen LogP contribution is -2.16. The molecule has 0 aliphatic carbocycles. The predicted octanol–water partition coefficient (Wildman–Crippen LogP) is 4.50. The summed E-state index contributed by atoms with van der Waals surface area (Å²) in [6, 6.07) is 12.3. The fourth-order valence-electron chi connectivity index (χ4n) is 2.21. The molecule has 0 saturated heterocycles. The van der Waals surface area contributed by atoms with E-state index >= 15 is 0 Å². The molecule has 1 aromatic carbocycles. The molecule has 3 aromatic rings. The number of thiophene rings is 1. The third-order valence-electron chi connectivity index (χ3n) is 3.20. The molecule has 0 N–H and O–H groups in total. The van der Waals surface area contributed by atoms with Crippen LogP contribution in [0.2, 0.25) is 0 Å². The van der Waals surface area contributed by atoms with Crippen LogP contribution in [-0.2, 0) is 13.1 Å². The Morgan fingerprint density at radius 1 is 1.23 bits per heavy atom. The summed E-state index contributed by atoms with van der Waals surface area (Å²) in [6.45, 7) is 3.55. The molecule has 0 aliphatic rings. The molecule has 2 aromatic heterocycles. The van der Waals surface area contributed by atoms with Crippen molar-refractivity contribution in [3.05, 3.63) is 56.5 Å². The maximum absolute atomic E-state index is 5.36. The Morgan fingerprint density at radius 3 is 2.82 bits per heavy atom. The average molecular weight is 378 g/mol. The number of hydrogen-bond acceptors (Lipinski definition) is 5. The van der Waals surface area contributed by atoms with Gasteiger partial charge < -0.3 is 4.52 Å². The zero-order chi connectivity index (χ0) is 15.5. The summed E-state index contributed by atoms with van der Waals surface area (Å²) in [5.41, 5.74) is 2.17. The number of hydrogen-bond donors (Lipinski definition) is 0. The summed E-state index contributed by atoms with van der Waals surface area (Å²) in [5.74, 6) is 1.28. The topological polar surface area (TPSA) is 42.2 Å². The van der Waals surface area contributed by atoms with Crippen molar-refractivity contribution in [2.24, 2.45) is 0 Å². The van der Waals surface area contributed by atoms with Crippen LogP contribution in [-0.4, -0.2) is 22.1 Å². The van der Waals surface area contributed by atoms with Gasteiger partial charge >= 0.3 is 0 Å². The van der Waals surface area contributed by atoms with Gasteiger partial charge in [0.25, 0.3) is 0 Å². The SMILES string of the molecule is Cc1cccc(-c2noc(CN(C)Cc3ccc(Br)s3)n2)c1. The molecular weight excluding hydrogens is 362 g/mol. The van der Waals surface area contributed by atoms with Crippen LogP contribution in [0.15, 0.2) is 44.7 Å². The van der Waals surface area contributed by atoms with E-state index in [9.17, 15) is 0 Å². The van der Waals surface area contributed by atoms with Gasteiger partial charge in [-0.1, -0.05) is 28.9 Å². The highest BCUT2D eigenvalue weighted by atomic mass is 79.9.